The summed E-state index contributed by atoms with van der Waals surface area (Å²) < 4.78 is 0. The van der Waals surface area contributed by atoms with E-state index in [1.807, 2.05) is 0 Å². The van der Waals surface area contributed by atoms with Gasteiger partial charge in [-0.1, -0.05) is 97.1 Å². The summed E-state index contributed by atoms with van der Waals surface area (Å²) in [5.41, 5.74) is 9.51. The number of nitrogens with one attached hydrogen (secondary N) is 1. The van der Waals surface area contributed by atoms with Crippen LogP contribution in [0.3, 0.4) is 0 Å². The van der Waals surface area contributed by atoms with Crippen molar-refractivity contribution >= 4 is 22.4 Å². The van der Waals surface area contributed by atoms with Gasteiger partial charge in [-0.25, -0.2) is 9.98 Å². The van der Waals surface area contributed by atoms with Crippen LogP contribution in [-0.4, -0.2) is 11.7 Å². The molecule has 1 heterocycles. The van der Waals surface area contributed by atoms with E-state index < -0.39 is 0 Å². The molecular weight excluding hydrogens is 534 g/mol. The van der Waals surface area contributed by atoms with Gasteiger partial charge >= 0.3 is 0 Å². The van der Waals surface area contributed by atoms with Crippen LogP contribution in [0.2, 0.25) is 0 Å². The molecule has 3 heteroatoms. The Bertz CT molecular complexity index is 1980. The van der Waals surface area contributed by atoms with Crippen LogP contribution in [0.5, 0.6) is 0 Å². The number of hydrogen-bond acceptors (Lipinski definition) is 3. The third-order valence-corrected chi connectivity index (χ3v) is 11.7. The van der Waals surface area contributed by atoms with Crippen molar-refractivity contribution < 1.29 is 0 Å². The molecular formula is C41H35N3. The largest absolute Gasteiger partial charge is 0.324 e. The average Bonchev–Trinajstić information content (AvgIpc) is 3.35. The Morgan fingerprint density at radius 1 is 0.523 bits per heavy atom. The molecule has 1 atom stereocenters. The van der Waals surface area contributed by atoms with Gasteiger partial charge in [0.15, 0.2) is 6.17 Å². The summed E-state index contributed by atoms with van der Waals surface area (Å²) in [4.78, 5) is 10.4. The van der Waals surface area contributed by atoms with Gasteiger partial charge in [0.05, 0.1) is 0 Å². The number of rotatable bonds is 3. The van der Waals surface area contributed by atoms with Crippen LogP contribution in [0.4, 0.5) is 0 Å². The molecule has 1 aliphatic heterocycles. The zero-order valence-electron chi connectivity index (χ0n) is 24.8. The maximum atomic E-state index is 5.26. The highest BCUT2D eigenvalue weighted by atomic mass is 15.2. The van der Waals surface area contributed by atoms with E-state index in [-0.39, 0.29) is 11.6 Å². The van der Waals surface area contributed by atoms with Crippen molar-refractivity contribution in [1.29, 1.82) is 0 Å². The first-order chi connectivity index (χ1) is 21.7. The van der Waals surface area contributed by atoms with E-state index >= 15 is 0 Å². The van der Waals surface area contributed by atoms with Crippen molar-refractivity contribution in [2.45, 2.75) is 43.7 Å². The van der Waals surface area contributed by atoms with Crippen molar-refractivity contribution in [2.75, 3.05) is 0 Å². The molecule has 214 valence electrons. The minimum absolute atomic E-state index is 0.0997. The van der Waals surface area contributed by atoms with Crippen LogP contribution in [-0.2, 0) is 5.41 Å². The van der Waals surface area contributed by atoms with Gasteiger partial charge in [0.25, 0.3) is 0 Å². The molecule has 4 fully saturated rings. The lowest BCUT2D eigenvalue weighted by atomic mass is 9.43. The molecule has 0 radical (unpaired) electrons. The Kier molecular flexibility index (Phi) is 5.23. The van der Waals surface area contributed by atoms with Crippen molar-refractivity contribution in [3.63, 3.8) is 0 Å². The molecule has 0 amide bonds. The van der Waals surface area contributed by atoms with Crippen molar-refractivity contribution in [1.82, 2.24) is 5.32 Å². The Balaban J connectivity index is 1.16. The van der Waals surface area contributed by atoms with Crippen molar-refractivity contribution in [2.24, 2.45) is 33.7 Å². The van der Waals surface area contributed by atoms with E-state index in [9.17, 15) is 0 Å². The monoisotopic (exact) mass is 569 g/mol. The van der Waals surface area contributed by atoms with Gasteiger partial charge in [-0.2, -0.15) is 0 Å². The predicted molar refractivity (Wildman–Crippen MR) is 179 cm³/mol. The summed E-state index contributed by atoms with van der Waals surface area (Å²) in [6, 6.07) is 42.2. The first kappa shape index (κ1) is 24.9. The van der Waals surface area contributed by atoms with E-state index in [0.717, 1.165) is 46.5 Å². The molecule has 1 unspecified atom stereocenters. The summed E-state index contributed by atoms with van der Waals surface area (Å²) in [5, 5.41) is 6.40. The number of hydrogen-bond donors (Lipinski definition) is 1. The first-order valence-electron chi connectivity index (χ1n) is 16.5. The van der Waals surface area contributed by atoms with Gasteiger partial charge in [-0.05, 0) is 113 Å². The van der Waals surface area contributed by atoms with Crippen molar-refractivity contribution in [3.05, 3.63) is 143 Å². The Hall–Kier alpha value is -4.50. The molecule has 44 heavy (non-hydrogen) atoms. The fraction of sp³-hybridized carbons (Fsp3) is 0.268. The van der Waals surface area contributed by atoms with Gasteiger partial charge in [0.1, 0.15) is 11.7 Å². The topological polar surface area (TPSA) is 36.8 Å². The van der Waals surface area contributed by atoms with Gasteiger partial charge < -0.3 is 5.32 Å². The first-order valence-corrected chi connectivity index (χ1v) is 16.5. The molecule has 5 aliphatic carbocycles. The van der Waals surface area contributed by atoms with Crippen LogP contribution in [0.1, 0.15) is 66.1 Å². The zero-order chi connectivity index (χ0) is 28.8. The van der Waals surface area contributed by atoms with Crippen LogP contribution in [0.15, 0.2) is 125 Å². The fourth-order valence-corrected chi connectivity index (χ4v) is 10.1. The molecule has 4 saturated carbocycles. The maximum Gasteiger partial charge on any atom is 0.169 e. The Labute approximate surface area is 258 Å². The average molecular weight is 570 g/mol. The molecule has 5 aromatic carbocycles. The number of fused-ring (bicyclic) bond motifs is 4. The van der Waals surface area contributed by atoms with E-state index in [1.54, 1.807) is 11.1 Å². The Morgan fingerprint density at radius 2 is 1.11 bits per heavy atom. The minimum Gasteiger partial charge on any atom is -0.324 e. The second-order valence-corrected chi connectivity index (χ2v) is 13.9. The number of amidine groups is 2. The van der Waals surface area contributed by atoms with E-state index in [0.29, 0.717) is 0 Å². The molecule has 0 aromatic heterocycles. The summed E-state index contributed by atoms with van der Waals surface area (Å²) in [7, 11) is 0. The molecule has 11 rings (SSSR count). The Morgan fingerprint density at radius 3 is 1.82 bits per heavy atom. The lowest BCUT2D eigenvalue weighted by molar-refractivity contribution is -0.0399. The van der Waals surface area contributed by atoms with Crippen LogP contribution in [0, 0.1) is 23.7 Å². The predicted octanol–water partition coefficient (Wildman–Crippen LogP) is 9.06. The highest BCUT2D eigenvalue weighted by Gasteiger charge is 2.61. The SMILES string of the molecule is c1ccc(C2=NC(c3ccccc3)N=C(c3ccc4c(c3)C3(c5cc6ccccc6cc5-4)C4CC5CC(C4)CC3C5)N2)cc1. The molecule has 1 spiro atoms. The summed E-state index contributed by atoms with van der Waals surface area (Å²) in [6.45, 7) is 0. The quantitative estimate of drug-likeness (QED) is 0.231. The van der Waals surface area contributed by atoms with Crippen molar-refractivity contribution in [3.8, 4) is 11.1 Å². The van der Waals surface area contributed by atoms with Crippen LogP contribution < -0.4 is 5.32 Å². The van der Waals surface area contributed by atoms with Gasteiger partial charge in [-0.3, -0.25) is 0 Å². The third-order valence-electron chi connectivity index (χ3n) is 11.7. The van der Waals surface area contributed by atoms with E-state index in [4.69, 9.17) is 9.98 Å². The molecule has 0 saturated heterocycles. The van der Waals surface area contributed by atoms with Gasteiger partial charge in [0, 0.05) is 16.5 Å². The maximum absolute atomic E-state index is 5.26. The molecule has 5 aromatic rings. The number of benzene rings is 5. The summed E-state index contributed by atoms with van der Waals surface area (Å²) in [5.74, 6) is 5.06. The van der Waals surface area contributed by atoms with Crippen LogP contribution in [0.25, 0.3) is 21.9 Å². The standard InChI is InChI=1S/C41H35N3/c1-3-9-27(10-4-1)38-42-39(28-11-5-2-6-12-28)44-40(43-38)31-15-16-34-35-22-29-13-7-8-14-30(29)23-37(35)41(36(34)24-31)32-18-25-17-26(20-32)21-33(41)19-25/h1-16,22-26,32-33,38H,17-21H2,(H,42,43,44). The second kappa shape index (κ2) is 9.25. The third kappa shape index (κ3) is 3.50. The highest BCUT2D eigenvalue weighted by Crippen LogP contribution is 2.69. The van der Waals surface area contributed by atoms with Crippen LogP contribution >= 0.6 is 0 Å². The summed E-state index contributed by atoms with van der Waals surface area (Å²) in [6.07, 6.45) is 6.69. The molecule has 1 N–H and O–H groups in total. The highest BCUT2D eigenvalue weighted by molar-refractivity contribution is 6.16. The minimum atomic E-state index is -0.284. The molecule has 3 nitrogen and oxygen atoms in total. The normalized spacial score (nSPS) is 29.2. The fourth-order valence-electron chi connectivity index (χ4n) is 10.1. The van der Waals surface area contributed by atoms with Gasteiger partial charge in [0.2, 0.25) is 0 Å². The van der Waals surface area contributed by atoms with E-state index in [2.05, 4.69) is 121 Å². The number of aliphatic imine (C=N–C) groups is 2. The lowest BCUT2D eigenvalue weighted by Crippen LogP contribution is -2.55. The molecule has 4 bridgehead atoms. The van der Waals surface area contributed by atoms with E-state index in [1.165, 1.54) is 59.6 Å². The smallest absolute Gasteiger partial charge is 0.169 e. The number of nitrogens with zero attached hydrogens (tertiary/aromatic N) is 2. The van der Waals surface area contributed by atoms with Gasteiger partial charge in [-0.15, -0.1) is 0 Å². The molecule has 6 aliphatic rings. The zero-order valence-corrected chi connectivity index (χ0v) is 24.8. The lowest BCUT2D eigenvalue weighted by Gasteiger charge is -2.61. The summed E-state index contributed by atoms with van der Waals surface area (Å²) >= 11 is 0. The second-order valence-electron chi connectivity index (χ2n) is 13.9.